The van der Waals surface area contributed by atoms with E-state index in [0.29, 0.717) is 25.9 Å². The van der Waals surface area contributed by atoms with Gasteiger partial charge in [0.15, 0.2) is 0 Å². The van der Waals surface area contributed by atoms with Gasteiger partial charge in [-0.2, -0.15) is 0 Å². The van der Waals surface area contributed by atoms with Crippen molar-refractivity contribution in [3.05, 3.63) is 46.5 Å². The lowest BCUT2D eigenvalue weighted by atomic mass is 9.91. The minimum absolute atomic E-state index is 0.136. The molecule has 0 saturated heterocycles. The van der Waals surface area contributed by atoms with Gasteiger partial charge in [-0.1, -0.05) is 46.3 Å². The van der Waals surface area contributed by atoms with Crippen molar-refractivity contribution in [2.24, 2.45) is 11.8 Å². The molecule has 0 heterocycles. The number of methoxy groups -OCH3 is 1. The quantitative estimate of drug-likeness (QED) is 0.260. The van der Waals surface area contributed by atoms with Crippen LogP contribution in [0.4, 0.5) is 0 Å². The van der Waals surface area contributed by atoms with Gasteiger partial charge in [-0.15, -0.1) is 0 Å². The minimum atomic E-state index is -0.552. The number of hydrogen-bond acceptors (Lipinski definition) is 5. The third kappa shape index (κ3) is 6.55. The van der Waals surface area contributed by atoms with E-state index in [1.165, 1.54) is 7.11 Å². The van der Waals surface area contributed by atoms with E-state index >= 15 is 0 Å². The molecule has 1 aromatic rings. The number of carbonyl (C=O) groups is 2. The molecule has 1 aliphatic rings. The fourth-order valence-electron chi connectivity index (χ4n) is 3.43. The Bertz CT molecular complexity index is 645. The van der Waals surface area contributed by atoms with Crippen LogP contribution in [0.25, 0.3) is 0 Å². The predicted molar refractivity (Wildman–Crippen MR) is 106 cm³/mol. The molecule has 2 rings (SSSR count). The third-order valence-electron chi connectivity index (χ3n) is 5.01. The Morgan fingerprint density at radius 1 is 1.33 bits per heavy atom. The van der Waals surface area contributed by atoms with Crippen molar-refractivity contribution in [1.29, 1.82) is 0 Å². The Labute approximate surface area is 168 Å². The molecule has 0 spiro atoms. The number of aldehydes is 1. The van der Waals surface area contributed by atoms with Crippen LogP contribution in [-0.2, 0) is 25.7 Å². The topological polar surface area (TPSA) is 72.8 Å². The van der Waals surface area contributed by atoms with E-state index in [1.54, 1.807) is 0 Å². The van der Waals surface area contributed by atoms with E-state index < -0.39 is 6.10 Å². The average molecular weight is 439 g/mol. The highest BCUT2D eigenvalue weighted by Crippen LogP contribution is 2.36. The van der Waals surface area contributed by atoms with Crippen molar-refractivity contribution in [2.75, 3.05) is 7.11 Å². The summed E-state index contributed by atoms with van der Waals surface area (Å²) in [5.74, 6) is -0.661. The van der Waals surface area contributed by atoms with Crippen molar-refractivity contribution < 1.29 is 24.2 Å². The molecule has 0 bridgehead atoms. The molecule has 1 fully saturated rings. The highest BCUT2D eigenvalue weighted by Gasteiger charge is 2.42. The van der Waals surface area contributed by atoms with Gasteiger partial charge in [0.25, 0.3) is 0 Å². The molecular formula is C21H27BrO5. The molecule has 5 nitrogen and oxygen atoms in total. The second kappa shape index (κ2) is 11.4. The first-order chi connectivity index (χ1) is 13.1. The standard InChI is InChI=1S/C21H27BrO5/c1-26-21(25)11-5-3-2-4-9-16-17(13-23)20(12-19(16)24)27-14-15-8-6-7-10-18(15)22/h2,4,6-8,10,13,16-17,19-20,24H,3,5,9,11-12,14H2,1H3/b4-2+. The van der Waals surface area contributed by atoms with E-state index in [1.807, 2.05) is 36.4 Å². The molecule has 0 aliphatic heterocycles. The van der Waals surface area contributed by atoms with Crippen LogP contribution in [0.1, 0.15) is 37.7 Å². The van der Waals surface area contributed by atoms with Crippen molar-refractivity contribution in [3.8, 4) is 0 Å². The number of carbonyl (C=O) groups excluding carboxylic acids is 2. The molecule has 0 amide bonds. The monoisotopic (exact) mass is 438 g/mol. The molecule has 0 radical (unpaired) electrons. The van der Waals surface area contributed by atoms with Crippen LogP contribution in [0, 0.1) is 11.8 Å². The van der Waals surface area contributed by atoms with Gasteiger partial charge in [0.1, 0.15) is 6.29 Å². The molecule has 4 atom stereocenters. The molecular weight excluding hydrogens is 412 g/mol. The molecule has 27 heavy (non-hydrogen) atoms. The number of halogens is 1. The summed E-state index contributed by atoms with van der Waals surface area (Å²) in [4.78, 5) is 22.7. The summed E-state index contributed by atoms with van der Waals surface area (Å²) in [6.07, 6.45) is 7.05. The Morgan fingerprint density at radius 3 is 2.81 bits per heavy atom. The van der Waals surface area contributed by atoms with Crippen molar-refractivity contribution in [1.82, 2.24) is 0 Å². The van der Waals surface area contributed by atoms with Crippen LogP contribution in [-0.4, -0.2) is 36.7 Å². The van der Waals surface area contributed by atoms with Crippen LogP contribution in [0.2, 0.25) is 0 Å². The highest BCUT2D eigenvalue weighted by atomic mass is 79.9. The molecule has 1 aromatic carbocycles. The highest BCUT2D eigenvalue weighted by molar-refractivity contribution is 9.10. The van der Waals surface area contributed by atoms with Crippen LogP contribution >= 0.6 is 15.9 Å². The van der Waals surface area contributed by atoms with E-state index in [2.05, 4.69) is 20.7 Å². The molecule has 1 saturated carbocycles. The summed E-state index contributed by atoms with van der Waals surface area (Å²) in [5, 5.41) is 10.4. The number of allylic oxidation sites excluding steroid dienone is 2. The maximum Gasteiger partial charge on any atom is 0.305 e. The zero-order chi connectivity index (χ0) is 19.6. The van der Waals surface area contributed by atoms with Gasteiger partial charge in [0.2, 0.25) is 0 Å². The number of hydrogen-bond donors (Lipinski definition) is 1. The van der Waals surface area contributed by atoms with Crippen molar-refractivity contribution in [3.63, 3.8) is 0 Å². The second-order valence-corrected chi connectivity index (χ2v) is 7.65. The molecule has 1 aliphatic carbocycles. The van der Waals surface area contributed by atoms with Gasteiger partial charge in [0, 0.05) is 29.2 Å². The Morgan fingerprint density at radius 2 is 2.11 bits per heavy atom. The Kier molecular flexibility index (Phi) is 9.18. The maximum atomic E-state index is 11.6. The third-order valence-corrected chi connectivity index (χ3v) is 5.79. The van der Waals surface area contributed by atoms with E-state index in [4.69, 9.17) is 4.74 Å². The first-order valence-electron chi connectivity index (χ1n) is 9.27. The second-order valence-electron chi connectivity index (χ2n) is 6.80. The fourth-order valence-corrected chi connectivity index (χ4v) is 3.83. The summed E-state index contributed by atoms with van der Waals surface area (Å²) < 4.78 is 11.5. The lowest BCUT2D eigenvalue weighted by Crippen LogP contribution is -2.24. The van der Waals surface area contributed by atoms with E-state index in [0.717, 1.165) is 29.2 Å². The lowest BCUT2D eigenvalue weighted by Gasteiger charge is -2.19. The largest absolute Gasteiger partial charge is 0.469 e. The number of esters is 1. The number of ether oxygens (including phenoxy) is 2. The van der Waals surface area contributed by atoms with Gasteiger partial charge in [0.05, 0.1) is 25.9 Å². The van der Waals surface area contributed by atoms with Gasteiger partial charge in [-0.25, -0.2) is 0 Å². The molecule has 6 heteroatoms. The minimum Gasteiger partial charge on any atom is -0.469 e. The Hall–Kier alpha value is -1.50. The summed E-state index contributed by atoms with van der Waals surface area (Å²) >= 11 is 3.49. The average Bonchev–Trinajstić information content (AvgIpc) is 2.98. The zero-order valence-electron chi connectivity index (χ0n) is 15.6. The van der Waals surface area contributed by atoms with Crippen LogP contribution in [0.5, 0.6) is 0 Å². The maximum absolute atomic E-state index is 11.6. The first-order valence-corrected chi connectivity index (χ1v) is 10.1. The van der Waals surface area contributed by atoms with Crippen molar-refractivity contribution in [2.45, 2.75) is 50.9 Å². The summed E-state index contributed by atoms with van der Waals surface area (Å²) in [5.41, 5.74) is 1.02. The number of rotatable bonds is 10. The van der Waals surface area contributed by atoms with Gasteiger partial charge >= 0.3 is 5.97 Å². The van der Waals surface area contributed by atoms with Crippen LogP contribution < -0.4 is 0 Å². The van der Waals surface area contributed by atoms with Crippen molar-refractivity contribution >= 4 is 28.2 Å². The number of unbranched alkanes of at least 4 members (excludes halogenated alkanes) is 1. The molecule has 148 valence electrons. The summed E-state index contributed by atoms with van der Waals surface area (Å²) in [7, 11) is 1.38. The van der Waals surface area contributed by atoms with E-state index in [-0.39, 0.29) is 23.9 Å². The molecule has 4 unspecified atom stereocenters. The van der Waals surface area contributed by atoms with Crippen LogP contribution in [0.15, 0.2) is 40.9 Å². The first kappa shape index (κ1) is 21.8. The van der Waals surface area contributed by atoms with E-state index in [9.17, 15) is 14.7 Å². The Balaban J connectivity index is 1.82. The number of aliphatic hydroxyl groups excluding tert-OH is 1. The molecule has 1 N–H and O–H groups in total. The SMILES string of the molecule is COC(=O)CCC/C=C/CC1C(O)CC(OCc2ccccc2Br)C1C=O. The number of aliphatic hydroxyl groups is 1. The summed E-state index contributed by atoms with van der Waals surface area (Å²) in [6, 6.07) is 7.81. The summed E-state index contributed by atoms with van der Waals surface area (Å²) in [6.45, 7) is 0.402. The van der Waals surface area contributed by atoms with Gasteiger partial charge in [-0.05, 0) is 30.9 Å². The zero-order valence-corrected chi connectivity index (χ0v) is 17.1. The fraction of sp³-hybridized carbons (Fsp3) is 0.524. The predicted octanol–water partition coefficient (Wildman–Crippen LogP) is 3.82. The van der Waals surface area contributed by atoms with Crippen LogP contribution in [0.3, 0.4) is 0 Å². The lowest BCUT2D eigenvalue weighted by molar-refractivity contribution is -0.140. The smallest absolute Gasteiger partial charge is 0.305 e. The van der Waals surface area contributed by atoms with Gasteiger partial charge < -0.3 is 19.4 Å². The number of benzene rings is 1. The van der Waals surface area contributed by atoms with Gasteiger partial charge in [-0.3, -0.25) is 4.79 Å². The molecule has 0 aromatic heterocycles. The normalized spacial score (nSPS) is 25.0.